The zero-order valence-corrected chi connectivity index (χ0v) is 26.4. The molecule has 16 nitrogen and oxygen atoms in total. The summed E-state index contributed by atoms with van der Waals surface area (Å²) in [6.45, 7) is 6.56. The van der Waals surface area contributed by atoms with Gasteiger partial charge >= 0.3 is 0 Å². The summed E-state index contributed by atoms with van der Waals surface area (Å²) in [4.78, 5) is 22.6. The summed E-state index contributed by atoms with van der Waals surface area (Å²) in [5.74, 6) is -0.925. The first kappa shape index (κ1) is 33.8. The first-order valence-corrected chi connectivity index (χ1v) is 16.3. The molecule has 4 aromatic rings. The minimum Gasteiger partial charge on any atom is -0.493 e. The van der Waals surface area contributed by atoms with E-state index in [1.807, 2.05) is 0 Å². The summed E-state index contributed by atoms with van der Waals surface area (Å²) in [5, 5.41) is 36.6. The maximum absolute atomic E-state index is 12.4. The first-order valence-electron chi connectivity index (χ1n) is 13.4. The predicted octanol–water partition coefficient (Wildman–Crippen LogP) is 5.07. The molecule has 2 aromatic heterocycles. The Labute approximate surface area is 262 Å². The molecular weight excluding hydrogens is 644 g/mol. The molecule has 0 aliphatic rings. The van der Waals surface area contributed by atoms with Gasteiger partial charge in [-0.2, -0.15) is 27.1 Å². The number of azo groups is 2. The molecule has 0 aliphatic carbocycles. The molecule has 4 N–H and O–H groups in total. The second-order valence-electron chi connectivity index (χ2n) is 9.88. The fourth-order valence-electron chi connectivity index (χ4n) is 4.57. The number of aromatic nitrogens is 2. The Morgan fingerprint density at radius 3 is 1.26 bits per heavy atom. The van der Waals surface area contributed by atoms with Crippen LogP contribution in [-0.2, 0) is 33.3 Å². The van der Waals surface area contributed by atoms with Crippen LogP contribution in [-0.4, -0.2) is 45.3 Å². The van der Waals surface area contributed by atoms with Crippen LogP contribution in [0.15, 0.2) is 88.4 Å². The van der Waals surface area contributed by atoms with Crippen LogP contribution in [0.4, 0.5) is 22.7 Å². The fraction of sp³-hybridized carbons (Fsp3) is 0.214. The zero-order valence-electron chi connectivity index (χ0n) is 24.8. The number of pyridine rings is 2. The van der Waals surface area contributed by atoms with Gasteiger partial charge < -0.3 is 10.2 Å². The quantitative estimate of drug-likeness (QED) is 0.136. The van der Waals surface area contributed by atoms with Crippen LogP contribution in [0.3, 0.4) is 0 Å². The standard InChI is InChI=1S/C28H28N6O10S2/c1-5-33-23(35)11-15(3)25(27(33)37)31-29-17-7-9-19(21(13-17)45(39,40)41)20-10-8-18(14-22(20)46(42,43)44)30-32-26-16(4)12-24(36)34(6-2)28(26)38/h7-14,37-38H,5-6H2,1-4H3,(H,39,40,41)(H,42,43,44). The van der Waals surface area contributed by atoms with E-state index in [4.69, 9.17) is 0 Å². The summed E-state index contributed by atoms with van der Waals surface area (Å²) >= 11 is 0. The number of hydrogen-bond donors (Lipinski definition) is 4. The smallest absolute Gasteiger partial charge is 0.295 e. The Bertz CT molecular complexity index is 2110. The van der Waals surface area contributed by atoms with Crippen molar-refractivity contribution in [3.8, 4) is 22.9 Å². The third kappa shape index (κ3) is 6.79. The van der Waals surface area contributed by atoms with E-state index in [0.29, 0.717) is 0 Å². The largest absolute Gasteiger partial charge is 0.493 e. The summed E-state index contributed by atoms with van der Waals surface area (Å²) in [6, 6.07) is 8.99. The highest BCUT2D eigenvalue weighted by Crippen LogP contribution is 2.38. The van der Waals surface area contributed by atoms with Gasteiger partial charge in [0.15, 0.2) is 0 Å². The Kier molecular flexibility index (Phi) is 9.38. The lowest BCUT2D eigenvalue weighted by atomic mass is 10.0. The minimum absolute atomic E-state index is 0.0608. The molecule has 0 bridgehead atoms. The highest BCUT2D eigenvalue weighted by Gasteiger charge is 2.24. The number of aromatic hydroxyl groups is 2. The van der Waals surface area contributed by atoms with Gasteiger partial charge in [0.25, 0.3) is 31.4 Å². The van der Waals surface area contributed by atoms with Gasteiger partial charge in [-0.3, -0.25) is 27.8 Å². The van der Waals surface area contributed by atoms with E-state index in [2.05, 4.69) is 20.5 Å². The van der Waals surface area contributed by atoms with Crippen LogP contribution < -0.4 is 11.1 Å². The van der Waals surface area contributed by atoms with Gasteiger partial charge in [0, 0.05) is 36.3 Å². The molecule has 0 saturated heterocycles. The summed E-state index contributed by atoms with van der Waals surface area (Å²) in [5.41, 5.74) is -1.41. The molecule has 0 aliphatic heterocycles. The molecule has 0 radical (unpaired) electrons. The highest BCUT2D eigenvalue weighted by molar-refractivity contribution is 7.86. The van der Waals surface area contributed by atoms with Crippen molar-refractivity contribution in [1.82, 2.24) is 9.13 Å². The van der Waals surface area contributed by atoms with E-state index in [-0.39, 0.29) is 58.1 Å². The molecule has 0 saturated carbocycles. The second-order valence-corrected chi connectivity index (χ2v) is 12.7. The molecule has 2 aromatic carbocycles. The molecule has 2 heterocycles. The van der Waals surface area contributed by atoms with Crippen LogP contribution in [0.2, 0.25) is 0 Å². The molecule has 0 atom stereocenters. The maximum atomic E-state index is 12.4. The van der Waals surface area contributed by atoms with E-state index in [1.165, 1.54) is 38.1 Å². The molecule has 46 heavy (non-hydrogen) atoms. The highest BCUT2D eigenvalue weighted by atomic mass is 32.2. The van der Waals surface area contributed by atoms with Crippen molar-refractivity contribution >= 4 is 43.0 Å². The van der Waals surface area contributed by atoms with Crippen molar-refractivity contribution in [2.45, 2.75) is 50.6 Å². The van der Waals surface area contributed by atoms with Crippen molar-refractivity contribution < 1.29 is 36.2 Å². The lowest BCUT2D eigenvalue weighted by molar-refractivity contribution is 0.412. The monoisotopic (exact) mass is 672 g/mol. The Hall–Kier alpha value is -5.04. The average molecular weight is 673 g/mol. The van der Waals surface area contributed by atoms with Gasteiger partial charge in [-0.1, -0.05) is 12.1 Å². The fourth-order valence-corrected chi connectivity index (χ4v) is 6.02. The van der Waals surface area contributed by atoms with Crippen molar-refractivity contribution in [1.29, 1.82) is 0 Å². The van der Waals surface area contributed by atoms with Gasteiger partial charge in [0.05, 0.1) is 11.4 Å². The summed E-state index contributed by atoms with van der Waals surface area (Å²) in [7, 11) is -10.1. The molecule has 0 spiro atoms. The number of rotatable bonds is 9. The number of aryl methyl sites for hydroxylation is 2. The van der Waals surface area contributed by atoms with Gasteiger partial charge in [-0.25, -0.2) is 0 Å². The molecule has 0 amide bonds. The molecule has 242 valence electrons. The number of nitrogens with zero attached hydrogens (tertiary/aromatic N) is 6. The lowest BCUT2D eigenvalue weighted by Crippen LogP contribution is -2.18. The van der Waals surface area contributed by atoms with E-state index >= 15 is 0 Å². The molecular formula is C28H28N6O10S2. The van der Waals surface area contributed by atoms with Crippen molar-refractivity contribution in [2.24, 2.45) is 20.5 Å². The molecule has 4 rings (SSSR count). The van der Waals surface area contributed by atoms with E-state index in [0.717, 1.165) is 33.4 Å². The van der Waals surface area contributed by atoms with Crippen molar-refractivity contribution in [3.05, 3.63) is 80.4 Å². The number of hydrogen-bond acceptors (Lipinski definition) is 12. The Morgan fingerprint density at radius 1 is 0.609 bits per heavy atom. The second kappa shape index (κ2) is 12.8. The first-order chi connectivity index (χ1) is 21.5. The third-order valence-corrected chi connectivity index (χ3v) is 8.62. The summed E-state index contributed by atoms with van der Waals surface area (Å²) in [6.07, 6.45) is 0. The predicted molar refractivity (Wildman–Crippen MR) is 165 cm³/mol. The summed E-state index contributed by atoms with van der Waals surface area (Å²) < 4.78 is 71.8. The number of benzene rings is 2. The van der Waals surface area contributed by atoms with Crippen LogP contribution >= 0.6 is 0 Å². The van der Waals surface area contributed by atoms with Gasteiger partial charge in [-0.05, 0) is 63.1 Å². The van der Waals surface area contributed by atoms with E-state index in [9.17, 15) is 45.7 Å². The van der Waals surface area contributed by atoms with Crippen LogP contribution in [0.25, 0.3) is 11.1 Å². The minimum atomic E-state index is -5.03. The van der Waals surface area contributed by atoms with Crippen molar-refractivity contribution in [3.63, 3.8) is 0 Å². The molecule has 18 heteroatoms. The molecule has 0 unspecified atom stereocenters. The van der Waals surface area contributed by atoms with E-state index < -0.39 is 52.9 Å². The SMILES string of the molecule is CCn1c(O)c(N=Nc2ccc(-c3ccc(N=Nc4c(C)cc(=O)n(CC)c4O)cc3S(=O)(=O)O)c(S(=O)(=O)O)c2)c(C)cc1=O. The average Bonchev–Trinajstić information content (AvgIpc) is 2.96. The van der Waals surface area contributed by atoms with Gasteiger partial charge in [0.2, 0.25) is 11.8 Å². The Morgan fingerprint density at radius 2 is 0.957 bits per heavy atom. The van der Waals surface area contributed by atoms with E-state index in [1.54, 1.807) is 13.8 Å². The normalized spacial score (nSPS) is 12.4. The van der Waals surface area contributed by atoms with Crippen LogP contribution in [0.1, 0.15) is 25.0 Å². The zero-order chi connectivity index (χ0) is 34.1. The molecule has 0 fully saturated rings. The topological polar surface area (TPSA) is 243 Å². The van der Waals surface area contributed by atoms with Crippen LogP contribution in [0.5, 0.6) is 11.8 Å². The third-order valence-electron chi connectivity index (χ3n) is 6.83. The lowest BCUT2D eigenvalue weighted by Gasteiger charge is -2.12. The van der Waals surface area contributed by atoms with Crippen LogP contribution in [0, 0.1) is 13.8 Å². The Balaban J connectivity index is 1.83. The van der Waals surface area contributed by atoms with Crippen molar-refractivity contribution in [2.75, 3.05) is 0 Å². The maximum Gasteiger partial charge on any atom is 0.295 e. The van der Waals surface area contributed by atoms with Gasteiger partial charge in [0.1, 0.15) is 21.2 Å². The van der Waals surface area contributed by atoms with Gasteiger partial charge in [-0.15, -0.1) is 10.2 Å².